The molecule has 0 bridgehead atoms. The average molecular weight is 430 g/mol. The first-order valence-electron chi connectivity index (χ1n) is 9.98. The van der Waals surface area contributed by atoms with Crippen LogP contribution in [0.4, 0.5) is 5.69 Å². The van der Waals surface area contributed by atoms with Gasteiger partial charge in [-0.3, -0.25) is 9.59 Å². The number of benzene rings is 1. The van der Waals surface area contributed by atoms with Gasteiger partial charge in [0, 0.05) is 41.5 Å². The Labute approximate surface area is 180 Å². The number of amides is 2. The van der Waals surface area contributed by atoms with E-state index in [9.17, 15) is 14.4 Å². The lowest BCUT2D eigenvalue weighted by Crippen LogP contribution is -2.37. The highest BCUT2D eigenvalue weighted by molar-refractivity contribution is 7.99. The largest absolute Gasteiger partial charge is 0.462 e. The molecule has 1 fully saturated rings. The van der Waals surface area contributed by atoms with Gasteiger partial charge >= 0.3 is 5.97 Å². The number of esters is 1. The van der Waals surface area contributed by atoms with E-state index in [2.05, 4.69) is 10.3 Å². The minimum Gasteiger partial charge on any atom is -0.462 e. The second-order valence-electron chi connectivity index (χ2n) is 7.23. The summed E-state index contributed by atoms with van der Waals surface area (Å²) in [7, 11) is 0. The molecule has 0 spiro atoms. The van der Waals surface area contributed by atoms with E-state index in [0.717, 1.165) is 30.2 Å². The van der Waals surface area contributed by atoms with Crippen LogP contribution >= 0.6 is 11.8 Å². The molecular formula is C22H27N3O4S. The van der Waals surface area contributed by atoms with Crippen molar-refractivity contribution in [1.29, 1.82) is 0 Å². The Balaban J connectivity index is 1.77. The normalized spacial score (nSPS) is 13.8. The van der Waals surface area contributed by atoms with Gasteiger partial charge in [-0.15, -0.1) is 0 Å². The third kappa shape index (κ3) is 4.53. The number of H-pyrrole nitrogens is 1. The molecule has 1 aliphatic rings. The fraction of sp³-hybridized carbons (Fsp3) is 0.409. The van der Waals surface area contributed by atoms with E-state index < -0.39 is 5.97 Å². The zero-order valence-corrected chi connectivity index (χ0v) is 18.6. The van der Waals surface area contributed by atoms with Crippen molar-refractivity contribution in [2.45, 2.75) is 27.7 Å². The number of nitrogens with zero attached hydrogens (tertiary/aromatic N) is 1. The number of aryl methyl sites for hydroxylation is 2. The lowest BCUT2D eigenvalue weighted by Gasteiger charge is -2.26. The standard InChI is InChI=1S/C22H27N3O4S/c1-5-29-22(28)18-14(3)19(23-15(18)4)20(26)24-17-7-6-16(12-13(17)2)21(27)25-8-10-30-11-9-25/h6-7,12,23H,5,8-11H2,1-4H3,(H,24,26). The first-order valence-corrected chi connectivity index (χ1v) is 11.1. The molecule has 2 N–H and O–H groups in total. The lowest BCUT2D eigenvalue weighted by molar-refractivity contribution is 0.0524. The highest BCUT2D eigenvalue weighted by atomic mass is 32.2. The number of aromatic amines is 1. The average Bonchev–Trinajstić information content (AvgIpc) is 3.04. The molecule has 0 radical (unpaired) electrons. The van der Waals surface area contributed by atoms with Crippen molar-refractivity contribution in [3.05, 3.63) is 51.8 Å². The van der Waals surface area contributed by atoms with Crippen molar-refractivity contribution in [2.24, 2.45) is 0 Å². The zero-order valence-electron chi connectivity index (χ0n) is 17.8. The van der Waals surface area contributed by atoms with E-state index in [1.54, 1.807) is 39.0 Å². The smallest absolute Gasteiger partial charge is 0.340 e. The third-order valence-electron chi connectivity index (χ3n) is 5.16. The number of nitrogens with one attached hydrogen (secondary N) is 2. The Morgan fingerprint density at radius 2 is 1.87 bits per heavy atom. The van der Waals surface area contributed by atoms with Crippen molar-refractivity contribution in [3.8, 4) is 0 Å². The molecule has 0 aliphatic carbocycles. The van der Waals surface area contributed by atoms with Crippen LogP contribution in [-0.2, 0) is 4.74 Å². The number of hydrogen-bond donors (Lipinski definition) is 2. The highest BCUT2D eigenvalue weighted by Gasteiger charge is 2.24. The summed E-state index contributed by atoms with van der Waals surface area (Å²) >= 11 is 1.86. The Morgan fingerprint density at radius 3 is 2.50 bits per heavy atom. The molecule has 30 heavy (non-hydrogen) atoms. The summed E-state index contributed by atoms with van der Waals surface area (Å²) in [4.78, 5) is 42.5. The van der Waals surface area contributed by atoms with Crippen LogP contribution in [0.25, 0.3) is 0 Å². The molecule has 1 aromatic carbocycles. The molecule has 0 unspecified atom stereocenters. The molecule has 2 aromatic rings. The van der Waals surface area contributed by atoms with Gasteiger partial charge in [0.25, 0.3) is 11.8 Å². The minimum absolute atomic E-state index is 0.0196. The van der Waals surface area contributed by atoms with Gasteiger partial charge < -0.3 is 19.9 Å². The Hall–Kier alpha value is -2.74. The van der Waals surface area contributed by atoms with Crippen LogP contribution in [0.15, 0.2) is 18.2 Å². The maximum atomic E-state index is 12.8. The van der Waals surface area contributed by atoms with Crippen LogP contribution in [0.5, 0.6) is 0 Å². The molecule has 8 heteroatoms. The topological polar surface area (TPSA) is 91.5 Å². The van der Waals surface area contributed by atoms with E-state index in [1.807, 2.05) is 23.6 Å². The van der Waals surface area contributed by atoms with Crippen LogP contribution in [0.2, 0.25) is 0 Å². The molecule has 1 aliphatic heterocycles. The Kier molecular flexibility index (Phi) is 6.87. The van der Waals surface area contributed by atoms with Crippen molar-refractivity contribution in [1.82, 2.24) is 9.88 Å². The first-order chi connectivity index (χ1) is 14.3. The number of aromatic nitrogens is 1. The van der Waals surface area contributed by atoms with Crippen molar-refractivity contribution >= 4 is 35.2 Å². The number of hydrogen-bond acceptors (Lipinski definition) is 5. The summed E-state index contributed by atoms with van der Waals surface area (Å²) in [5.74, 6) is 1.15. The molecule has 1 aromatic heterocycles. The van der Waals surface area contributed by atoms with Gasteiger partial charge in [-0.25, -0.2) is 4.79 Å². The molecule has 2 amide bonds. The zero-order chi connectivity index (χ0) is 21.8. The number of carbonyl (C=O) groups excluding carboxylic acids is 3. The molecule has 0 atom stereocenters. The van der Waals surface area contributed by atoms with Gasteiger partial charge in [0.2, 0.25) is 0 Å². The van der Waals surface area contributed by atoms with Crippen LogP contribution in [0, 0.1) is 20.8 Å². The number of carbonyl (C=O) groups is 3. The molecule has 0 saturated carbocycles. The summed E-state index contributed by atoms with van der Waals surface area (Å²) < 4.78 is 5.08. The van der Waals surface area contributed by atoms with Gasteiger partial charge in [-0.1, -0.05) is 0 Å². The fourth-order valence-electron chi connectivity index (χ4n) is 3.56. The monoisotopic (exact) mass is 429 g/mol. The SMILES string of the molecule is CCOC(=O)c1c(C)[nH]c(C(=O)Nc2ccc(C(=O)N3CCSCC3)cc2C)c1C. The number of ether oxygens (including phenoxy) is 1. The lowest BCUT2D eigenvalue weighted by atomic mass is 10.1. The van der Waals surface area contributed by atoms with Gasteiger partial charge in [0.1, 0.15) is 5.69 Å². The second-order valence-corrected chi connectivity index (χ2v) is 8.46. The summed E-state index contributed by atoms with van der Waals surface area (Å²) in [6.07, 6.45) is 0. The quantitative estimate of drug-likeness (QED) is 0.709. The molecular weight excluding hydrogens is 402 g/mol. The number of rotatable bonds is 5. The summed E-state index contributed by atoms with van der Waals surface area (Å²) in [5, 5.41) is 2.87. The van der Waals surface area contributed by atoms with E-state index in [1.165, 1.54) is 0 Å². The van der Waals surface area contributed by atoms with Crippen LogP contribution in [0.1, 0.15) is 54.9 Å². The van der Waals surface area contributed by atoms with Gasteiger partial charge in [-0.2, -0.15) is 11.8 Å². The Morgan fingerprint density at radius 1 is 1.17 bits per heavy atom. The third-order valence-corrected chi connectivity index (χ3v) is 6.11. The van der Waals surface area contributed by atoms with Gasteiger partial charge in [-0.05, 0) is 57.0 Å². The minimum atomic E-state index is -0.446. The molecule has 3 rings (SSSR count). The molecule has 2 heterocycles. The van der Waals surface area contributed by atoms with E-state index in [4.69, 9.17) is 4.74 Å². The summed E-state index contributed by atoms with van der Waals surface area (Å²) in [6, 6.07) is 5.29. The summed E-state index contributed by atoms with van der Waals surface area (Å²) in [6.45, 7) is 8.84. The van der Waals surface area contributed by atoms with Gasteiger partial charge in [0.15, 0.2) is 0 Å². The van der Waals surface area contributed by atoms with Crippen LogP contribution in [0.3, 0.4) is 0 Å². The fourth-order valence-corrected chi connectivity index (χ4v) is 4.46. The first kappa shape index (κ1) is 22.0. The van der Waals surface area contributed by atoms with Crippen LogP contribution in [-0.4, -0.2) is 58.9 Å². The van der Waals surface area contributed by atoms with E-state index in [0.29, 0.717) is 33.8 Å². The van der Waals surface area contributed by atoms with Gasteiger partial charge in [0.05, 0.1) is 12.2 Å². The van der Waals surface area contributed by atoms with E-state index in [-0.39, 0.29) is 18.4 Å². The van der Waals surface area contributed by atoms with Crippen molar-refractivity contribution in [2.75, 3.05) is 36.5 Å². The number of anilines is 1. The van der Waals surface area contributed by atoms with Crippen molar-refractivity contribution < 1.29 is 19.1 Å². The second kappa shape index (κ2) is 9.38. The molecule has 1 saturated heterocycles. The summed E-state index contributed by atoms with van der Waals surface area (Å²) in [5.41, 5.74) is 3.89. The molecule has 160 valence electrons. The van der Waals surface area contributed by atoms with E-state index >= 15 is 0 Å². The maximum Gasteiger partial charge on any atom is 0.340 e. The number of thioether (sulfide) groups is 1. The Bertz CT molecular complexity index is 977. The maximum absolute atomic E-state index is 12.8. The predicted molar refractivity (Wildman–Crippen MR) is 119 cm³/mol. The van der Waals surface area contributed by atoms with Crippen molar-refractivity contribution in [3.63, 3.8) is 0 Å². The predicted octanol–water partition coefficient (Wildman–Crippen LogP) is 3.56. The highest BCUT2D eigenvalue weighted by Crippen LogP contribution is 2.23. The molecule has 7 nitrogen and oxygen atoms in total. The van der Waals surface area contributed by atoms with Crippen LogP contribution < -0.4 is 5.32 Å².